The van der Waals surface area contributed by atoms with Crippen LogP contribution in [0, 0.1) is 0 Å². The van der Waals surface area contributed by atoms with E-state index < -0.39 is 23.5 Å². The molecule has 0 fully saturated rings. The first-order chi connectivity index (χ1) is 16.5. The number of hydrogen-bond donors (Lipinski definition) is 1. The maximum Gasteiger partial charge on any atom is 0.241 e. The molecule has 1 aliphatic heterocycles. The monoisotopic (exact) mass is 465 g/mol. The van der Waals surface area contributed by atoms with Crippen molar-refractivity contribution in [3.63, 3.8) is 0 Å². The van der Waals surface area contributed by atoms with Gasteiger partial charge in [-0.1, -0.05) is 6.07 Å². The SMILES string of the molecule is CCOc1ccc(C2C(C(=O)c3ccco3)=C([O-])C(=O)N2CCC[n+]2cc[nH]c2)cc1OCC. The van der Waals surface area contributed by atoms with Gasteiger partial charge in [-0.25, -0.2) is 4.57 Å². The Labute approximate surface area is 197 Å². The molecule has 3 heterocycles. The van der Waals surface area contributed by atoms with E-state index >= 15 is 0 Å². The van der Waals surface area contributed by atoms with Crippen LogP contribution in [0.15, 0.2) is 71.1 Å². The zero-order chi connectivity index (χ0) is 24.1. The molecule has 0 saturated carbocycles. The highest BCUT2D eigenvalue weighted by molar-refractivity contribution is 6.14. The van der Waals surface area contributed by atoms with E-state index in [1.54, 1.807) is 30.5 Å². The fourth-order valence-corrected chi connectivity index (χ4v) is 4.11. The maximum atomic E-state index is 13.2. The van der Waals surface area contributed by atoms with Gasteiger partial charge in [-0.15, -0.1) is 0 Å². The number of ketones is 1. The van der Waals surface area contributed by atoms with E-state index in [-0.39, 0.29) is 11.3 Å². The van der Waals surface area contributed by atoms with Crippen LogP contribution in [0.4, 0.5) is 0 Å². The Balaban J connectivity index is 1.71. The number of nitrogens with zero attached hydrogens (tertiary/aromatic N) is 2. The molecule has 0 radical (unpaired) electrons. The molecule has 1 aliphatic rings. The topological polar surface area (TPSA) is 112 Å². The van der Waals surface area contributed by atoms with Crippen LogP contribution in [-0.2, 0) is 11.3 Å². The first-order valence-corrected chi connectivity index (χ1v) is 11.3. The van der Waals surface area contributed by atoms with Crippen LogP contribution in [0.25, 0.3) is 0 Å². The molecule has 0 aliphatic carbocycles. The summed E-state index contributed by atoms with van der Waals surface area (Å²) in [7, 11) is 0. The Morgan fingerprint density at radius 1 is 1.21 bits per heavy atom. The van der Waals surface area contributed by atoms with Crippen molar-refractivity contribution >= 4 is 11.7 Å². The molecule has 1 amide bonds. The van der Waals surface area contributed by atoms with E-state index in [4.69, 9.17) is 13.9 Å². The molecule has 9 heteroatoms. The van der Waals surface area contributed by atoms with Crippen LogP contribution in [-0.4, -0.2) is 41.3 Å². The Bertz CT molecular complexity index is 1170. The number of carbonyl (C=O) groups is 2. The second kappa shape index (κ2) is 10.3. The summed E-state index contributed by atoms with van der Waals surface area (Å²) in [5.41, 5.74) is 0.469. The van der Waals surface area contributed by atoms with Gasteiger partial charge < -0.3 is 23.9 Å². The highest BCUT2D eigenvalue weighted by Gasteiger charge is 2.40. The molecule has 0 saturated heterocycles. The average Bonchev–Trinajstić information content (AvgIpc) is 3.59. The van der Waals surface area contributed by atoms with Crippen molar-refractivity contribution in [2.45, 2.75) is 32.9 Å². The number of nitrogens with one attached hydrogen (secondary N) is 1. The minimum atomic E-state index is -0.858. The van der Waals surface area contributed by atoms with Crippen LogP contribution in [0.1, 0.15) is 42.4 Å². The van der Waals surface area contributed by atoms with Gasteiger partial charge in [-0.05, 0) is 49.4 Å². The molecule has 3 aromatic rings. The number of benzene rings is 1. The maximum absolute atomic E-state index is 13.2. The second-order valence-corrected chi connectivity index (χ2v) is 7.73. The number of H-pyrrole nitrogens is 1. The number of aryl methyl sites for hydroxylation is 1. The zero-order valence-corrected chi connectivity index (χ0v) is 19.2. The number of ether oxygens (including phenoxy) is 2. The fraction of sp³-hybridized carbons (Fsp3) is 0.320. The number of hydrogen-bond acceptors (Lipinski definition) is 6. The van der Waals surface area contributed by atoms with Gasteiger partial charge in [0.2, 0.25) is 18.0 Å². The molecule has 1 aromatic carbocycles. The summed E-state index contributed by atoms with van der Waals surface area (Å²) in [6, 6.07) is 7.42. The van der Waals surface area contributed by atoms with E-state index in [1.165, 1.54) is 17.2 Å². The van der Waals surface area contributed by atoms with Gasteiger partial charge >= 0.3 is 0 Å². The van der Waals surface area contributed by atoms with E-state index in [2.05, 4.69) is 4.98 Å². The molecule has 2 aromatic heterocycles. The van der Waals surface area contributed by atoms with Gasteiger partial charge in [0, 0.05) is 18.5 Å². The Kier molecular flexibility index (Phi) is 7.01. The lowest BCUT2D eigenvalue weighted by atomic mass is 9.94. The molecular weight excluding hydrogens is 438 g/mol. The second-order valence-electron chi connectivity index (χ2n) is 7.73. The third kappa shape index (κ3) is 4.54. The lowest BCUT2D eigenvalue weighted by molar-refractivity contribution is -0.695. The largest absolute Gasteiger partial charge is 0.868 e. The van der Waals surface area contributed by atoms with Crippen LogP contribution >= 0.6 is 0 Å². The Morgan fingerprint density at radius 2 is 2.00 bits per heavy atom. The van der Waals surface area contributed by atoms with Gasteiger partial charge in [0.15, 0.2) is 17.3 Å². The number of aromatic nitrogens is 2. The molecule has 178 valence electrons. The number of aromatic amines is 1. The van der Waals surface area contributed by atoms with Crippen molar-refractivity contribution in [2.75, 3.05) is 19.8 Å². The number of imidazole rings is 1. The highest BCUT2D eigenvalue weighted by Crippen LogP contribution is 2.41. The first-order valence-electron chi connectivity index (χ1n) is 11.3. The van der Waals surface area contributed by atoms with Gasteiger partial charge in [-0.3, -0.25) is 14.6 Å². The van der Waals surface area contributed by atoms with Crippen molar-refractivity contribution in [3.05, 3.63) is 78.0 Å². The minimum Gasteiger partial charge on any atom is -0.868 e. The van der Waals surface area contributed by atoms with Gasteiger partial charge in [0.05, 0.1) is 32.1 Å². The van der Waals surface area contributed by atoms with Crippen molar-refractivity contribution in [1.82, 2.24) is 9.88 Å². The molecule has 0 spiro atoms. The average molecular weight is 466 g/mol. The summed E-state index contributed by atoms with van der Waals surface area (Å²) in [5, 5.41) is 13.1. The zero-order valence-electron chi connectivity index (χ0n) is 19.2. The minimum absolute atomic E-state index is 0.0156. The molecule has 1 N–H and O–H groups in total. The quantitative estimate of drug-likeness (QED) is 0.343. The number of furan rings is 1. The summed E-state index contributed by atoms with van der Waals surface area (Å²) in [4.78, 5) is 30.7. The lowest BCUT2D eigenvalue weighted by Crippen LogP contribution is -2.37. The number of Topliss-reactive ketones (excluding diaryl/α,β-unsaturated/α-hetero) is 1. The predicted molar refractivity (Wildman–Crippen MR) is 119 cm³/mol. The summed E-state index contributed by atoms with van der Waals surface area (Å²) in [6.45, 7) is 5.52. The van der Waals surface area contributed by atoms with E-state index in [9.17, 15) is 14.7 Å². The predicted octanol–water partition coefficient (Wildman–Crippen LogP) is 2.16. The lowest BCUT2D eigenvalue weighted by Gasteiger charge is -2.28. The number of carbonyl (C=O) groups excluding carboxylic acids is 2. The van der Waals surface area contributed by atoms with E-state index in [0.717, 1.165) is 0 Å². The van der Waals surface area contributed by atoms with Gasteiger partial charge in [-0.2, -0.15) is 0 Å². The summed E-state index contributed by atoms with van der Waals surface area (Å²) >= 11 is 0. The summed E-state index contributed by atoms with van der Waals surface area (Å²) in [5.74, 6) is -1.05. The van der Waals surface area contributed by atoms with Gasteiger partial charge in [0.25, 0.3) is 0 Å². The summed E-state index contributed by atoms with van der Waals surface area (Å²) < 4.78 is 18.6. The number of rotatable bonds is 11. The molecular formula is C25H27N3O6. The third-order valence-electron chi connectivity index (χ3n) is 5.58. The Hall–Kier alpha value is -4.01. The van der Waals surface area contributed by atoms with Crippen molar-refractivity contribution in [3.8, 4) is 11.5 Å². The standard InChI is InChI=1S/C25H27N3O6/c1-3-32-18-9-8-17(15-20(18)33-4-2)22-21(23(29)19-7-5-14-34-19)24(30)25(31)28(22)12-6-11-27-13-10-26-16-27/h5,7-10,13-16,22H,3-4,6,11-12H2,1-2H3,(H,29,30). The van der Waals surface area contributed by atoms with Crippen molar-refractivity contribution in [1.29, 1.82) is 0 Å². The summed E-state index contributed by atoms with van der Waals surface area (Å²) in [6.07, 6.45) is 7.45. The van der Waals surface area contributed by atoms with Crippen molar-refractivity contribution < 1.29 is 33.2 Å². The first kappa shape index (κ1) is 23.2. The van der Waals surface area contributed by atoms with Crippen LogP contribution in [0.3, 0.4) is 0 Å². The fourth-order valence-electron chi connectivity index (χ4n) is 4.11. The van der Waals surface area contributed by atoms with Crippen LogP contribution in [0.2, 0.25) is 0 Å². The molecule has 1 atom stereocenters. The van der Waals surface area contributed by atoms with Crippen molar-refractivity contribution in [2.24, 2.45) is 0 Å². The molecule has 4 rings (SSSR count). The van der Waals surface area contributed by atoms with Crippen LogP contribution < -0.4 is 19.1 Å². The smallest absolute Gasteiger partial charge is 0.241 e. The normalized spacial score (nSPS) is 15.8. The molecule has 1 unspecified atom stereocenters. The number of amides is 1. The van der Waals surface area contributed by atoms with Gasteiger partial charge in [0.1, 0.15) is 12.4 Å². The third-order valence-corrected chi connectivity index (χ3v) is 5.58. The molecule has 0 bridgehead atoms. The van der Waals surface area contributed by atoms with E-state index in [1.807, 2.05) is 30.9 Å². The van der Waals surface area contributed by atoms with E-state index in [0.29, 0.717) is 49.8 Å². The Morgan fingerprint density at radius 3 is 2.68 bits per heavy atom. The van der Waals surface area contributed by atoms with Crippen LogP contribution in [0.5, 0.6) is 11.5 Å². The molecule has 9 nitrogen and oxygen atoms in total. The highest BCUT2D eigenvalue weighted by atomic mass is 16.5. The molecule has 34 heavy (non-hydrogen) atoms.